The maximum atomic E-state index is 14.3. The molecule has 0 fully saturated rings. The third-order valence-electron chi connectivity index (χ3n) is 4.69. The summed E-state index contributed by atoms with van der Waals surface area (Å²) in [7, 11) is 1.32. The number of nitro benzene ring substituents is 1. The van der Waals surface area contributed by atoms with E-state index in [-0.39, 0.29) is 42.0 Å². The van der Waals surface area contributed by atoms with E-state index in [1.165, 1.54) is 25.6 Å². The lowest BCUT2D eigenvalue weighted by atomic mass is 10.1. The third kappa shape index (κ3) is 6.72. The van der Waals surface area contributed by atoms with Gasteiger partial charge >= 0.3 is 11.8 Å². The Morgan fingerprint density at radius 3 is 2.61 bits per heavy atom. The van der Waals surface area contributed by atoms with Crippen molar-refractivity contribution in [2.45, 2.75) is 53.1 Å². The fraction of sp³-hybridized carbons (Fsp3) is 0.391. The molecule has 0 atom stereocenters. The summed E-state index contributed by atoms with van der Waals surface area (Å²) >= 11 is 0. The predicted molar refractivity (Wildman–Crippen MR) is 127 cm³/mol. The molecular weight excluding hydrogens is 475 g/mol. The van der Waals surface area contributed by atoms with Crippen molar-refractivity contribution < 1.29 is 28.3 Å². The monoisotopic (exact) mass is 502 g/mol. The molecule has 12 nitrogen and oxygen atoms in total. The number of aryl methyl sites for hydroxylation is 1. The first-order valence-electron chi connectivity index (χ1n) is 11.0. The fourth-order valence-electron chi connectivity index (χ4n) is 3.17. The van der Waals surface area contributed by atoms with Crippen LogP contribution >= 0.6 is 0 Å². The van der Waals surface area contributed by atoms with Crippen LogP contribution in [0.5, 0.6) is 5.75 Å². The standard InChI is InChI=1S/C23H27FN6O6/c1-6-29-13-25-21(28-29)15-9-14(10-18(30(32)33)20(15)34-5)11-35-12-17-16(24)7-8-19(26-17)27-22(31)36-23(2,3)4/h7-10,13H,6,11-12H2,1-5H3,(H,26,27,31). The van der Waals surface area contributed by atoms with Crippen LogP contribution in [0.1, 0.15) is 39.0 Å². The summed E-state index contributed by atoms with van der Waals surface area (Å²) in [6.07, 6.45) is 0.780. The Bertz CT molecular complexity index is 1260. The third-order valence-corrected chi connectivity index (χ3v) is 4.69. The van der Waals surface area contributed by atoms with E-state index in [2.05, 4.69) is 20.4 Å². The van der Waals surface area contributed by atoms with Gasteiger partial charge < -0.3 is 14.2 Å². The van der Waals surface area contributed by atoms with Crippen LogP contribution in [-0.2, 0) is 29.2 Å². The largest absolute Gasteiger partial charge is 0.490 e. The molecule has 0 bridgehead atoms. The van der Waals surface area contributed by atoms with Gasteiger partial charge in [-0.05, 0) is 51.5 Å². The second kappa shape index (κ2) is 11.1. The van der Waals surface area contributed by atoms with E-state index in [0.717, 1.165) is 6.07 Å². The van der Waals surface area contributed by atoms with E-state index in [0.29, 0.717) is 17.7 Å². The summed E-state index contributed by atoms with van der Waals surface area (Å²) in [4.78, 5) is 31.3. The average molecular weight is 503 g/mol. The Balaban J connectivity index is 1.78. The zero-order valence-corrected chi connectivity index (χ0v) is 20.6. The van der Waals surface area contributed by atoms with E-state index in [4.69, 9.17) is 14.2 Å². The molecule has 3 aromatic rings. The van der Waals surface area contributed by atoms with Crippen LogP contribution < -0.4 is 10.1 Å². The van der Waals surface area contributed by atoms with Gasteiger partial charge in [0, 0.05) is 12.6 Å². The number of hydrogen-bond acceptors (Lipinski definition) is 9. The molecule has 2 aromatic heterocycles. The molecule has 13 heteroatoms. The van der Waals surface area contributed by atoms with Crippen LogP contribution in [0.3, 0.4) is 0 Å². The Kier molecular flexibility index (Phi) is 8.14. The Morgan fingerprint density at radius 1 is 1.25 bits per heavy atom. The number of anilines is 1. The summed E-state index contributed by atoms with van der Waals surface area (Å²) in [5.41, 5.74) is -0.302. The highest BCUT2D eigenvalue weighted by Gasteiger charge is 2.24. The minimum atomic E-state index is -0.731. The first-order chi connectivity index (χ1) is 17.0. The molecule has 0 saturated heterocycles. The van der Waals surface area contributed by atoms with Gasteiger partial charge in [0.05, 0.1) is 30.8 Å². The normalized spacial score (nSPS) is 11.3. The fourth-order valence-corrected chi connectivity index (χ4v) is 3.17. The number of nitrogens with one attached hydrogen (secondary N) is 1. The molecule has 0 aliphatic heterocycles. The smallest absolute Gasteiger partial charge is 0.413 e. The topological polar surface area (TPSA) is 144 Å². The highest BCUT2D eigenvalue weighted by Crippen LogP contribution is 2.38. The first-order valence-corrected chi connectivity index (χ1v) is 11.0. The van der Waals surface area contributed by atoms with Gasteiger partial charge in [0.25, 0.3) is 0 Å². The van der Waals surface area contributed by atoms with Crippen molar-refractivity contribution >= 4 is 17.6 Å². The molecule has 1 aromatic carbocycles. The second-order valence-corrected chi connectivity index (χ2v) is 8.62. The van der Waals surface area contributed by atoms with Crippen molar-refractivity contribution in [3.05, 3.63) is 57.8 Å². The maximum absolute atomic E-state index is 14.3. The molecule has 0 saturated carbocycles. The summed E-state index contributed by atoms with van der Waals surface area (Å²) in [5, 5.41) is 18.4. The molecule has 2 heterocycles. The number of methoxy groups -OCH3 is 1. The Labute approximate surface area is 206 Å². The molecule has 36 heavy (non-hydrogen) atoms. The lowest BCUT2D eigenvalue weighted by Crippen LogP contribution is -2.27. The van der Waals surface area contributed by atoms with E-state index >= 15 is 0 Å². The van der Waals surface area contributed by atoms with Gasteiger partial charge in [0.2, 0.25) is 5.75 Å². The quantitative estimate of drug-likeness (QED) is 0.331. The van der Waals surface area contributed by atoms with E-state index in [1.807, 2.05) is 6.92 Å². The zero-order valence-electron chi connectivity index (χ0n) is 20.6. The van der Waals surface area contributed by atoms with Gasteiger partial charge in [-0.2, -0.15) is 5.10 Å². The van der Waals surface area contributed by atoms with Gasteiger partial charge in [0.15, 0.2) is 5.82 Å². The van der Waals surface area contributed by atoms with Crippen LogP contribution in [0.15, 0.2) is 30.6 Å². The summed E-state index contributed by atoms with van der Waals surface area (Å²) < 4.78 is 31.9. The molecule has 0 spiro atoms. The lowest BCUT2D eigenvalue weighted by molar-refractivity contribution is -0.385. The van der Waals surface area contributed by atoms with Crippen LogP contribution in [0.2, 0.25) is 0 Å². The molecule has 3 rings (SSSR count). The summed E-state index contributed by atoms with van der Waals surface area (Å²) in [5.74, 6) is -0.275. The summed E-state index contributed by atoms with van der Waals surface area (Å²) in [6.45, 7) is 7.23. The van der Waals surface area contributed by atoms with Crippen LogP contribution in [0.4, 0.5) is 20.7 Å². The molecule has 0 radical (unpaired) electrons. The average Bonchev–Trinajstić information content (AvgIpc) is 3.28. The number of nitro groups is 1. The molecule has 0 aliphatic carbocycles. The van der Waals surface area contributed by atoms with Gasteiger partial charge in [-0.15, -0.1) is 0 Å². The van der Waals surface area contributed by atoms with Crippen molar-refractivity contribution in [2.24, 2.45) is 0 Å². The van der Waals surface area contributed by atoms with Crippen molar-refractivity contribution in [3.63, 3.8) is 0 Å². The molecule has 1 amide bonds. The Hall–Kier alpha value is -4.13. The number of ether oxygens (including phenoxy) is 3. The molecule has 0 aliphatic rings. The van der Waals surface area contributed by atoms with Gasteiger partial charge in [-0.25, -0.2) is 19.2 Å². The van der Waals surface area contributed by atoms with Crippen LogP contribution in [0, 0.1) is 15.9 Å². The number of carbonyl (C=O) groups excluding carboxylic acids is 1. The van der Waals surface area contributed by atoms with Crippen molar-refractivity contribution in [1.82, 2.24) is 19.7 Å². The zero-order chi connectivity index (χ0) is 26.5. The van der Waals surface area contributed by atoms with Crippen molar-refractivity contribution in [1.29, 1.82) is 0 Å². The SMILES string of the molecule is CCn1cnc(-c2cc(COCc3nc(NC(=O)OC(C)(C)C)ccc3F)cc([N+](=O)[O-])c2OC)n1. The molecule has 1 N–H and O–H groups in total. The maximum Gasteiger partial charge on any atom is 0.413 e. The number of pyridine rings is 1. The van der Waals surface area contributed by atoms with Crippen LogP contribution in [-0.4, -0.2) is 43.5 Å². The number of rotatable bonds is 9. The van der Waals surface area contributed by atoms with E-state index in [1.54, 1.807) is 31.5 Å². The minimum absolute atomic E-state index is 0.0197. The van der Waals surface area contributed by atoms with Gasteiger partial charge in [-0.3, -0.25) is 20.1 Å². The van der Waals surface area contributed by atoms with Crippen LogP contribution in [0.25, 0.3) is 11.4 Å². The van der Waals surface area contributed by atoms with E-state index < -0.39 is 22.4 Å². The lowest BCUT2D eigenvalue weighted by Gasteiger charge is -2.19. The number of aromatic nitrogens is 4. The van der Waals surface area contributed by atoms with Gasteiger partial charge in [-0.1, -0.05) is 0 Å². The number of amides is 1. The number of halogens is 1. The molecule has 0 unspecified atom stereocenters. The number of nitrogens with zero attached hydrogens (tertiary/aromatic N) is 5. The molecular formula is C23H27FN6O6. The van der Waals surface area contributed by atoms with E-state index in [9.17, 15) is 19.3 Å². The highest BCUT2D eigenvalue weighted by atomic mass is 19.1. The van der Waals surface area contributed by atoms with Gasteiger partial charge in [0.1, 0.15) is 29.3 Å². The number of hydrogen-bond donors (Lipinski definition) is 1. The van der Waals surface area contributed by atoms with Crippen molar-refractivity contribution in [3.8, 4) is 17.1 Å². The predicted octanol–water partition coefficient (Wildman–Crippen LogP) is 4.48. The summed E-state index contributed by atoms with van der Waals surface area (Å²) in [6, 6.07) is 5.36. The number of benzene rings is 1. The number of carbonyl (C=O) groups is 1. The highest BCUT2D eigenvalue weighted by molar-refractivity contribution is 5.83. The Morgan fingerprint density at radius 2 is 2.00 bits per heavy atom. The molecule has 192 valence electrons. The van der Waals surface area contributed by atoms with Crippen molar-refractivity contribution in [2.75, 3.05) is 12.4 Å². The minimum Gasteiger partial charge on any atom is -0.490 e. The first kappa shape index (κ1) is 26.5. The second-order valence-electron chi connectivity index (χ2n) is 8.62.